The number of carboxylic acids is 2. The van der Waals surface area contributed by atoms with Crippen molar-refractivity contribution in [2.24, 2.45) is 5.73 Å². The van der Waals surface area contributed by atoms with E-state index in [0.29, 0.717) is 5.75 Å². The van der Waals surface area contributed by atoms with Crippen LogP contribution in [0.25, 0.3) is 0 Å². The second-order valence-electron chi connectivity index (χ2n) is 5.86. The monoisotopic (exact) mass is 406 g/mol. The van der Waals surface area contributed by atoms with E-state index in [1.807, 2.05) is 0 Å². The molecule has 0 radical (unpaired) electrons. The molecule has 4 atom stereocenters. The lowest BCUT2D eigenvalue weighted by Crippen LogP contribution is -2.57. The van der Waals surface area contributed by atoms with Gasteiger partial charge in [-0.2, -0.15) is 11.8 Å². The van der Waals surface area contributed by atoms with Crippen molar-refractivity contribution < 1.29 is 34.2 Å². The number of amides is 3. The third-order valence-electron chi connectivity index (χ3n) is 3.40. The zero-order chi connectivity index (χ0) is 21.1. The second kappa shape index (κ2) is 12.1. The highest BCUT2D eigenvalue weighted by Crippen LogP contribution is 2.04. The van der Waals surface area contributed by atoms with Crippen molar-refractivity contribution in [1.82, 2.24) is 16.0 Å². The molecule has 0 aliphatic heterocycles. The van der Waals surface area contributed by atoms with Gasteiger partial charge in [-0.05, 0) is 32.3 Å². The Morgan fingerprint density at radius 1 is 0.926 bits per heavy atom. The topological polar surface area (TPSA) is 188 Å². The van der Waals surface area contributed by atoms with Crippen molar-refractivity contribution in [1.29, 1.82) is 0 Å². The molecule has 0 spiro atoms. The van der Waals surface area contributed by atoms with E-state index in [-0.39, 0.29) is 6.42 Å². The molecule has 27 heavy (non-hydrogen) atoms. The van der Waals surface area contributed by atoms with E-state index in [4.69, 9.17) is 15.9 Å². The van der Waals surface area contributed by atoms with Crippen LogP contribution in [0.2, 0.25) is 0 Å². The molecule has 0 aromatic rings. The standard InChI is InChI=1S/C15H26N4O7S/c1-7(16)12(22)18-9(4-5-27-3)13(23)19-10(6-11(20)21)14(24)17-8(2)15(25)26/h7-10H,4-6,16H2,1-3H3,(H,17,24)(H,18,22)(H,19,23)(H,20,21)(H,25,26). The first-order chi connectivity index (χ1) is 12.5. The van der Waals surface area contributed by atoms with E-state index >= 15 is 0 Å². The van der Waals surface area contributed by atoms with Gasteiger partial charge in [-0.25, -0.2) is 0 Å². The van der Waals surface area contributed by atoms with Crippen LogP contribution in [0.4, 0.5) is 0 Å². The van der Waals surface area contributed by atoms with Crippen molar-refractivity contribution in [2.75, 3.05) is 12.0 Å². The van der Waals surface area contributed by atoms with Crippen molar-refractivity contribution >= 4 is 41.4 Å². The Morgan fingerprint density at radius 2 is 1.44 bits per heavy atom. The SMILES string of the molecule is CSCCC(NC(=O)C(C)N)C(=O)NC(CC(=O)O)C(=O)NC(C)C(=O)O. The summed E-state index contributed by atoms with van der Waals surface area (Å²) < 4.78 is 0. The fourth-order valence-electron chi connectivity index (χ4n) is 1.84. The van der Waals surface area contributed by atoms with Crippen molar-refractivity contribution in [2.45, 2.75) is 50.9 Å². The van der Waals surface area contributed by atoms with Gasteiger partial charge in [0.05, 0.1) is 12.5 Å². The minimum Gasteiger partial charge on any atom is -0.481 e. The van der Waals surface area contributed by atoms with Crippen molar-refractivity contribution in [3.63, 3.8) is 0 Å². The van der Waals surface area contributed by atoms with Crippen LogP contribution in [0.5, 0.6) is 0 Å². The zero-order valence-corrected chi connectivity index (χ0v) is 16.2. The molecule has 0 bridgehead atoms. The number of hydrogen-bond acceptors (Lipinski definition) is 7. The van der Waals surface area contributed by atoms with Crippen LogP contribution in [0.3, 0.4) is 0 Å². The molecule has 12 heteroatoms. The van der Waals surface area contributed by atoms with Crippen LogP contribution in [-0.2, 0) is 24.0 Å². The number of aliphatic carboxylic acids is 2. The predicted molar refractivity (Wildman–Crippen MR) is 98.0 cm³/mol. The Labute approximate surface area is 160 Å². The molecule has 3 amide bonds. The first kappa shape index (κ1) is 24.7. The third kappa shape index (κ3) is 9.80. The molecule has 0 aromatic heterocycles. The average Bonchev–Trinajstić information content (AvgIpc) is 2.56. The highest BCUT2D eigenvalue weighted by atomic mass is 32.2. The molecule has 0 fully saturated rings. The lowest BCUT2D eigenvalue weighted by atomic mass is 10.1. The Bertz CT molecular complexity index is 570. The molecule has 0 aliphatic rings. The number of thioether (sulfide) groups is 1. The Balaban J connectivity index is 5.22. The molecule has 0 saturated heterocycles. The van der Waals surface area contributed by atoms with Crippen molar-refractivity contribution in [3.8, 4) is 0 Å². The first-order valence-corrected chi connectivity index (χ1v) is 9.49. The van der Waals surface area contributed by atoms with Gasteiger partial charge in [-0.1, -0.05) is 0 Å². The normalized spacial score (nSPS) is 15.0. The van der Waals surface area contributed by atoms with Gasteiger partial charge in [0.1, 0.15) is 18.1 Å². The number of rotatable bonds is 12. The van der Waals surface area contributed by atoms with E-state index < -0.39 is 60.2 Å². The van der Waals surface area contributed by atoms with E-state index in [9.17, 15) is 24.0 Å². The van der Waals surface area contributed by atoms with Gasteiger partial charge in [-0.3, -0.25) is 24.0 Å². The lowest BCUT2D eigenvalue weighted by molar-refractivity contribution is -0.143. The number of carboxylic acid groups (broad SMARTS) is 2. The summed E-state index contributed by atoms with van der Waals surface area (Å²) in [6, 6.07) is -4.64. The predicted octanol–water partition coefficient (Wildman–Crippen LogP) is -1.88. The molecule has 4 unspecified atom stereocenters. The Morgan fingerprint density at radius 3 is 1.89 bits per heavy atom. The summed E-state index contributed by atoms with van der Waals surface area (Å²) in [5.74, 6) is -4.45. The van der Waals surface area contributed by atoms with Gasteiger partial charge in [0.2, 0.25) is 17.7 Å². The molecule has 11 nitrogen and oxygen atoms in total. The molecule has 0 aliphatic carbocycles. The summed E-state index contributed by atoms with van der Waals surface area (Å²) in [4.78, 5) is 58.2. The summed E-state index contributed by atoms with van der Waals surface area (Å²) in [5.41, 5.74) is 5.47. The van der Waals surface area contributed by atoms with Crippen LogP contribution in [0.1, 0.15) is 26.7 Å². The van der Waals surface area contributed by atoms with Gasteiger partial charge in [0.25, 0.3) is 0 Å². The summed E-state index contributed by atoms with van der Waals surface area (Å²) in [5, 5.41) is 24.6. The van der Waals surface area contributed by atoms with Crippen LogP contribution in [0, 0.1) is 0 Å². The second-order valence-corrected chi connectivity index (χ2v) is 6.84. The quantitative estimate of drug-likeness (QED) is 0.215. The molecule has 0 saturated carbocycles. The number of hydrogen-bond donors (Lipinski definition) is 6. The molecular formula is C15H26N4O7S. The van der Waals surface area contributed by atoms with E-state index in [1.165, 1.54) is 25.6 Å². The molecule has 0 aromatic carbocycles. The number of carbonyl (C=O) groups is 5. The number of nitrogens with two attached hydrogens (primary N) is 1. The van der Waals surface area contributed by atoms with Crippen molar-refractivity contribution in [3.05, 3.63) is 0 Å². The maximum atomic E-state index is 12.5. The van der Waals surface area contributed by atoms with Crippen LogP contribution in [-0.4, -0.2) is 76.0 Å². The fraction of sp³-hybridized carbons (Fsp3) is 0.667. The van der Waals surface area contributed by atoms with E-state index in [0.717, 1.165) is 0 Å². The zero-order valence-electron chi connectivity index (χ0n) is 15.4. The molecule has 7 N–H and O–H groups in total. The maximum absolute atomic E-state index is 12.5. The van der Waals surface area contributed by atoms with E-state index in [2.05, 4.69) is 16.0 Å². The minimum absolute atomic E-state index is 0.235. The average molecular weight is 406 g/mol. The first-order valence-electron chi connectivity index (χ1n) is 8.09. The van der Waals surface area contributed by atoms with Crippen LogP contribution in [0.15, 0.2) is 0 Å². The van der Waals surface area contributed by atoms with Gasteiger partial charge in [0, 0.05) is 0 Å². The van der Waals surface area contributed by atoms with E-state index in [1.54, 1.807) is 6.26 Å². The van der Waals surface area contributed by atoms with Gasteiger partial charge < -0.3 is 31.9 Å². The minimum atomic E-state index is -1.50. The Hall–Kier alpha value is -2.34. The van der Waals surface area contributed by atoms with Crippen LogP contribution < -0.4 is 21.7 Å². The smallest absolute Gasteiger partial charge is 0.325 e. The summed E-state index contributed by atoms with van der Waals surface area (Å²) in [7, 11) is 0. The highest BCUT2D eigenvalue weighted by molar-refractivity contribution is 7.98. The van der Waals surface area contributed by atoms with Crippen LogP contribution >= 0.6 is 11.8 Å². The van der Waals surface area contributed by atoms with Gasteiger partial charge in [-0.15, -0.1) is 0 Å². The lowest BCUT2D eigenvalue weighted by Gasteiger charge is -2.23. The molecule has 0 heterocycles. The number of carbonyl (C=O) groups excluding carboxylic acids is 3. The largest absolute Gasteiger partial charge is 0.481 e. The van der Waals surface area contributed by atoms with Gasteiger partial charge >= 0.3 is 11.9 Å². The number of nitrogens with one attached hydrogen (secondary N) is 3. The fourth-order valence-corrected chi connectivity index (χ4v) is 2.31. The summed E-state index contributed by atoms with van der Waals surface area (Å²) >= 11 is 1.43. The van der Waals surface area contributed by atoms with Gasteiger partial charge in [0.15, 0.2) is 0 Å². The molecule has 154 valence electrons. The maximum Gasteiger partial charge on any atom is 0.325 e. The summed E-state index contributed by atoms with van der Waals surface area (Å²) in [6.45, 7) is 2.64. The molecule has 0 rings (SSSR count). The third-order valence-corrected chi connectivity index (χ3v) is 4.04. The molecular weight excluding hydrogens is 380 g/mol. The Kier molecular flexibility index (Phi) is 11.1. The highest BCUT2D eigenvalue weighted by Gasteiger charge is 2.30. The summed E-state index contributed by atoms with van der Waals surface area (Å²) in [6.07, 6.45) is 1.29.